The molecule has 0 bridgehead atoms. The third kappa shape index (κ3) is 5.34. The van der Waals surface area contributed by atoms with E-state index < -0.39 is 0 Å². The summed E-state index contributed by atoms with van der Waals surface area (Å²) in [6, 6.07) is 12.3. The molecular formula is C17H18Cl2N2O2. The van der Waals surface area contributed by atoms with Crippen molar-refractivity contribution in [3.8, 4) is 5.75 Å². The molecule has 2 rings (SSSR count). The van der Waals surface area contributed by atoms with Gasteiger partial charge in [0, 0.05) is 16.6 Å². The van der Waals surface area contributed by atoms with Crippen molar-refractivity contribution in [3.63, 3.8) is 0 Å². The first-order chi connectivity index (χ1) is 11.1. The Bertz CT molecular complexity index is 677. The van der Waals surface area contributed by atoms with Crippen LogP contribution in [0.15, 0.2) is 42.5 Å². The molecule has 0 spiro atoms. The van der Waals surface area contributed by atoms with Gasteiger partial charge in [-0.2, -0.15) is 0 Å². The molecule has 2 aromatic rings. The molecule has 0 heterocycles. The fourth-order valence-electron chi connectivity index (χ4n) is 2.05. The number of hydrogen-bond donors (Lipinski definition) is 2. The number of halogens is 2. The summed E-state index contributed by atoms with van der Waals surface area (Å²) in [5.74, 6) is 0.644. The number of amides is 2. The molecule has 0 radical (unpaired) electrons. The topological polar surface area (TPSA) is 50.4 Å². The summed E-state index contributed by atoms with van der Waals surface area (Å²) in [5, 5.41) is 6.76. The fourth-order valence-corrected chi connectivity index (χ4v) is 2.56. The van der Waals surface area contributed by atoms with E-state index in [9.17, 15) is 4.79 Å². The van der Waals surface area contributed by atoms with Crippen molar-refractivity contribution in [3.05, 3.63) is 58.1 Å². The molecule has 0 saturated carbocycles. The minimum Gasteiger partial charge on any atom is -0.492 e. The molecular weight excluding hydrogens is 335 g/mol. The van der Waals surface area contributed by atoms with Gasteiger partial charge in [-0.25, -0.2) is 4.79 Å². The third-order valence-electron chi connectivity index (χ3n) is 3.13. The van der Waals surface area contributed by atoms with Gasteiger partial charge in [-0.3, -0.25) is 0 Å². The molecule has 0 aromatic heterocycles. The maximum Gasteiger partial charge on any atom is 0.319 e. The number of hydrogen-bond acceptors (Lipinski definition) is 2. The lowest BCUT2D eigenvalue weighted by Gasteiger charge is -2.12. The SMILES string of the molecule is CCOc1ccccc1NC(=O)NCCc1ccc(Cl)cc1Cl. The standard InChI is InChI=1S/C17H18Cl2N2O2/c1-2-23-16-6-4-3-5-15(16)21-17(22)20-10-9-12-7-8-13(18)11-14(12)19/h3-8,11H,2,9-10H2,1H3,(H2,20,21,22). The first kappa shape index (κ1) is 17.4. The third-order valence-corrected chi connectivity index (χ3v) is 3.72. The van der Waals surface area contributed by atoms with Crippen LogP contribution in [0.4, 0.5) is 10.5 Å². The highest BCUT2D eigenvalue weighted by Crippen LogP contribution is 2.23. The van der Waals surface area contributed by atoms with Crippen LogP contribution in [0.5, 0.6) is 5.75 Å². The zero-order valence-electron chi connectivity index (χ0n) is 12.7. The highest BCUT2D eigenvalue weighted by Gasteiger charge is 2.07. The van der Waals surface area contributed by atoms with E-state index in [-0.39, 0.29) is 6.03 Å². The Morgan fingerprint density at radius 3 is 2.70 bits per heavy atom. The van der Waals surface area contributed by atoms with Gasteiger partial charge < -0.3 is 15.4 Å². The molecule has 0 atom stereocenters. The molecule has 2 amide bonds. The van der Waals surface area contributed by atoms with Gasteiger partial charge in [-0.1, -0.05) is 41.4 Å². The molecule has 0 fully saturated rings. The number of para-hydroxylation sites is 2. The smallest absolute Gasteiger partial charge is 0.319 e. The molecule has 0 aliphatic rings. The Kier molecular flexibility index (Phi) is 6.56. The summed E-state index contributed by atoms with van der Waals surface area (Å²) in [4.78, 5) is 12.0. The van der Waals surface area contributed by atoms with Crippen LogP contribution in [0.25, 0.3) is 0 Å². The van der Waals surface area contributed by atoms with E-state index in [1.165, 1.54) is 0 Å². The van der Waals surface area contributed by atoms with Crippen LogP contribution in [0.3, 0.4) is 0 Å². The molecule has 2 N–H and O–H groups in total. The Hall–Kier alpha value is -1.91. The molecule has 2 aromatic carbocycles. The predicted molar refractivity (Wildman–Crippen MR) is 94.8 cm³/mol. The summed E-state index contributed by atoms with van der Waals surface area (Å²) < 4.78 is 5.47. The van der Waals surface area contributed by atoms with E-state index in [1.54, 1.807) is 18.2 Å². The lowest BCUT2D eigenvalue weighted by Crippen LogP contribution is -2.30. The maximum absolute atomic E-state index is 12.0. The summed E-state index contributed by atoms with van der Waals surface area (Å²) in [6.07, 6.45) is 0.622. The molecule has 0 aliphatic carbocycles. The molecule has 4 nitrogen and oxygen atoms in total. The van der Waals surface area contributed by atoms with Crippen molar-refractivity contribution >= 4 is 34.9 Å². The molecule has 0 unspecified atom stereocenters. The van der Waals surface area contributed by atoms with Crippen LogP contribution in [0.1, 0.15) is 12.5 Å². The summed E-state index contributed by atoms with van der Waals surface area (Å²) >= 11 is 12.0. The number of nitrogens with one attached hydrogen (secondary N) is 2. The Morgan fingerprint density at radius 2 is 1.96 bits per heavy atom. The number of carbonyl (C=O) groups is 1. The minimum atomic E-state index is -0.290. The summed E-state index contributed by atoms with van der Waals surface area (Å²) in [5.41, 5.74) is 1.57. The number of carbonyl (C=O) groups excluding carboxylic acids is 1. The fraction of sp³-hybridized carbons (Fsp3) is 0.235. The van der Waals surface area contributed by atoms with E-state index in [2.05, 4.69) is 10.6 Å². The van der Waals surface area contributed by atoms with Crippen molar-refractivity contribution in [2.75, 3.05) is 18.5 Å². The highest BCUT2D eigenvalue weighted by atomic mass is 35.5. The highest BCUT2D eigenvalue weighted by molar-refractivity contribution is 6.35. The van der Waals surface area contributed by atoms with Crippen LogP contribution in [0, 0.1) is 0 Å². The number of benzene rings is 2. The van der Waals surface area contributed by atoms with Gasteiger partial charge in [0.25, 0.3) is 0 Å². The van der Waals surface area contributed by atoms with Crippen LogP contribution in [0.2, 0.25) is 10.0 Å². The quantitative estimate of drug-likeness (QED) is 0.787. The largest absolute Gasteiger partial charge is 0.492 e. The average molecular weight is 353 g/mol. The van der Waals surface area contributed by atoms with Crippen molar-refractivity contribution in [2.24, 2.45) is 0 Å². The molecule has 122 valence electrons. The number of anilines is 1. The van der Waals surface area contributed by atoms with E-state index in [0.717, 1.165) is 5.56 Å². The zero-order chi connectivity index (χ0) is 16.7. The van der Waals surface area contributed by atoms with E-state index in [0.29, 0.717) is 41.1 Å². The van der Waals surface area contributed by atoms with Crippen molar-refractivity contribution < 1.29 is 9.53 Å². The van der Waals surface area contributed by atoms with Crippen molar-refractivity contribution in [1.82, 2.24) is 5.32 Å². The van der Waals surface area contributed by atoms with Gasteiger partial charge in [0.2, 0.25) is 0 Å². The van der Waals surface area contributed by atoms with E-state index in [4.69, 9.17) is 27.9 Å². The minimum absolute atomic E-state index is 0.290. The molecule has 23 heavy (non-hydrogen) atoms. The lowest BCUT2D eigenvalue weighted by atomic mass is 10.1. The second-order valence-electron chi connectivity index (χ2n) is 4.80. The van der Waals surface area contributed by atoms with Crippen molar-refractivity contribution in [2.45, 2.75) is 13.3 Å². The van der Waals surface area contributed by atoms with Crippen LogP contribution in [-0.4, -0.2) is 19.2 Å². The zero-order valence-corrected chi connectivity index (χ0v) is 14.2. The predicted octanol–water partition coefficient (Wildman–Crippen LogP) is 4.76. The first-order valence-electron chi connectivity index (χ1n) is 7.30. The van der Waals surface area contributed by atoms with Crippen LogP contribution >= 0.6 is 23.2 Å². The lowest BCUT2D eigenvalue weighted by molar-refractivity contribution is 0.252. The normalized spacial score (nSPS) is 10.2. The first-order valence-corrected chi connectivity index (χ1v) is 8.06. The van der Waals surface area contributed by atoms with Crippen LogP contribution < -0.4 is 15.4 Å². The molecule has 6 heteroatoms. The van der Waals surface area contributed by atoms with Gasteiger partial charge in [-0.15, -0.1) is 0 Å². The van der Waals surface area contributed by atoms with Gasteiger partial charge >= 0.3 is 6.03 Å². The molecule has 0 saturated heterocycles. The second kappa shape index (κ2) is 8.65. The van der Waals surface area contributed by atoms with Gasteiger partial charge in [-0.05, 0) is 43.2 Å². The van der Waals surface area contributed by atoms with Gasteiger partial charge in [0.15, 0.2) is 0 Å². The number of rotatable bonds is 6. The summed E-state index contributed by atoms with van der Waals surface area (Å²) in [6.45, 7) is 2.89. The Morgan fingerprint density at radius 1 is 1.17 bits per heavy atom. The molecule has 0 aliphatic heterocycles. The summed E-state index contributed by atoms with van der Waals surface area (Å²) in [7, 11) is 0. The average Bonchev–Trinajstić information content (AvgIpc) is 2.52. The Balaban J connectivity index is 1.86. The van der Waals surface area contributed by atoms with Gasteiger partial charge in [0.05, 0.1) is 12.3 Å². The maximum atomic E-state index is 12.0. The van der Waals surface area contributed by atoms with Gasteiger partial charge in [0.1, 0.15) is 5.75 Å². The second-order valence-corrected chi connectivity index (χ2v) is 5.64. The van der Waals surface area contributed by atoms with E-state index >= 15 is 0 Å². The number of ether oxygens (including phenoxy) is 1. The van der Waals surface area contributed by atoms with Crippen LogP contribution in [-0.2, 0) is 6.42 Å². The Labute approximate surface area is 145 Å². The number of urea groups is 1. The van der Waals surface area contributed by atoms with E-state index in [1.807, 2.05) is 31.2 Å². The van der Waals surface area contributed by atoms with Crippen molar-refractivity contribution in [1.29, 1.82) is 0 Å². The monoisotopic (exact) mass is 352 g/mol.